The summed E-state index contributed by atoms with van der Waals surface area (Å²) in [6.07, 6.45) is 5.12. The summed E-state index contributed by atoms with van der Waals surface area (Å²) in [6, 6.07) is 1.71. The number of aromatic nitrogens is 4. The second-order valence-electron chi connectivity index (χ2n) is 2.59. The van der Waals surface area contributed by atoms with E-state index in [9.17, 15) is 4.79 Å². The van der Waals surface area contributed by atoms with Gasteiger partial charge in [0.15, 0.2) is 5.16 Å². The minimum Gasteiger partial charge on any atom is -0.305 e. The van der Waals surface area contributed by atoms with E-state index in [2.05, 4.69) is 20.2 Å². The first kappa shape index (κ1) is 9.01. The van der Waals surface area contributed by atoms with E-state index < -0.39 is 0 Å². The molecule has 0 saturated heterocycles. The molecule has 0 amide bonds. The van der Waals surface area contributed by atoms with E-state index in [1.54, 1.807) is 18.5 Å². The predicted octanol–water partition coefficient (Wildman–Crippen LogP) is 0.882. The topological polar surface area (TPSA) is 74.4 Å². The smallest absolute Gasteiger partial charge is 0.273 e. The molecule has 0 aliphatic heterocycles. The standard InChI is InChI=1S/C8H8N4OS/c1-14-8-9-3-2-6(11-8)5-4-10-12-7(5)13/h2-4H,1H3,(H2,10,12,13). The van der Waals surface area contributed by atoms with E-state index in [4.69, 9.17) is 0 Å². The minimum atomic E-state index is -0.171. The van der Waals surface area contributed by atoms with E-state index >= 15 is 0 Å². The molecule has 2 aromatic heterocycles. The normalized spacial score (nSPS) is 10.4. The maximum atomic E-state index is 11.3. The Morgan fingerprint density at radius 3 is 3.00 bits per heavy atom. The summed E-state index contributed by atoms with van der Waals surface area (Å²) in [5, 5.41) is 5.74. The molecule has 2 rings (SSSR count). The molecule has 6 heteroatoms. The van der Waals surface area contributed by atoms with Crippen LogP contribution in [0.15, 0.2) is 28.4 Å². The Morgan fingerprint density at radius 1 is 1.50 bits per heavy atom. The molecular formula is C8H8N4OS. The molecule has 0 spiro atoms. The van der Waals surface area contributed by atoms with Crippen molar-refractivity contribution >= 4 is 11.8 Å². The first-order valence-electron chi connectivity index (χ1n) is 3.94. The van der Waals surface area contributed by atoms with Crippen LogP contribution in [0.2, 0.25) is 0 Å². The van der Waals surface area contributed by atoms with E-state index in [-0.39, 0.29) is 5.56 Å². The average Bonchev–Trinajstić information content (AvgIpc) is 2.65. The molecule has 2 aromatic rings. The summed E-state index contributed by atoms with van der Waals surface area (Å²) < 4.78 is 0. The van der Waals surface area contributed by atoms with Crippen molar-refractivity contribution in [2.45, 2.75) is 5.16 Å². The van der Waals surface area contributed by atoms with Crippen molar-refractivity contribution < 1.29 is 0 Å². The monoisotopic (exact) mass is 208 g/mol. The second kappa shape index (κ2) is 3.67. The van der Waals surface area contributed by atoms with E-state index in [1.807, 2.05) is 6.26 Å². The largest absolute Gasteiger partial charge is 0.305 e. The van der Waals surface area contributed by atoms with Crippen molar-refractivity contribution in [1.29, 1.82) is 0 Å². The zero-order chi connectivity index (χ0) is 9.97. The Hall–Kier alpha value is -1.56. The van der Waals surface area contributed by atoms with Gasteiger partial charge in [-0.15, -0.1) is 0 Å². The third-order valence-corrected chi connectivity index (χ3v) is 2.30. The van der Waals surface area contributed by atoms with Gasteiger partial charge in [0.25, 0.3) is 5.56 Å². The van der Waals surface area contributed by atoms with Gasteiger partial charge >= 0.3 is 0 Å². The van der Waals surface area contributed by atoms with Gasteiger partial charge in [0.2, 0.25) is 0 Å². The molecular weight excluding hydrogens is 200 g/mol. The van der Waals surface area contributed by atoms with E-state index in [1.165, 1.54) is 11.8 Å². The van der Waals surface area contributed by atoms with Crippen LogP contribution in [0.25, 0.3) is 11.3 Å². The number of nitrogens with zero attached hydrogens (tertiary/aromatic N) is 2. The van der Waals surface area contributed by atoms with Gasteiger partial charge < -0.3 is 5.10 Å². The van der Waals surface area contributed by atoms with Gasteiger partial charge in [-0.25, -0.2) is 9.97 Å². The van der Waals surface area contributed by atoms with Gasteiger partial charge in [-0.2, -0.15) is 0 Å². The summed E-state index contributed by atoms with van der Waals surface area (Å²) in [6.45, 7) is 0. The molecule has 2 N–H and O–H groups in total. The quantitative estimate of drug-likeness (QED) is 0.567. The third-order valence-electron chi connectivity index (χ3n) is 1.74. The molecule has 0 aromatic carbocycles. The minimum absolute atomic E-state index is 0.171. The van der Waals surface area contributed by atoms with Gasteiger partial charge in [-0.1, -0.05) is 11.8 Å². The van der Waals surface area contributed by atoms with Crippen LogP contribution >= 0.6 is 11.8 Å². The zero-order valence-corrected chi connectivity index (χ0v) is 8.26. The molecule has 0 aliphatic carbocycles. The van der Waals surface area contributed by atoms with Crippen LogP contribution in [0.4, 0.5) is 0 Å². The molecule has 0 saturated carbocycles. The highest BCUT2D eigenvalue weighted by Crippen LogP contribution is 2.14. The summed E-state index contributed by atoms with van der Waals surface area (Å²) in [7, 11) is 0. The molecule has 2 heterocycles. The number of H-pyrrole nitrogens is 2. The maximum absolute atomic E-state index is 11.3. The Kier molecular flexibility index (Phi) is 2.36. The Morgan fingerprint density at radius 2 is 2.36 bits per heavy atom. The van der Waals surface area contributed by atoms with Crippen LogP contribution in [-0.2, 0) is 0 Å². The Balaban J connectivity index is 2.52. The fraction of sp³-hybridized carbons (Fsp3) is 0.125. The van der Waals surface area contributed by atoms with Crippen molar-refractivity contribution in [3.05, 3.63) is 28.8 Å². The van der Waals surface area contributed by atoms with Crippen LogP contribution < -0.4 is 5.56 Å². The Bertz CT molecular complexity index is 490. The van der Waals surface area contributed by atoms with E-state index in [0.29, 0.717) is 16.4 Å². The highest BCUT2D eigenvalue weighted by Gasteiger charge is 2.05. The van der Waals surface area contributed by atoms with E-state index in [0.717, 1.165) is 0 Å². The fourth-order valence-electron chi connectivity index (χ4n) is 1.09. The molecule has 72 valence electrons. The van der Waals surface area contributed by atoms with Gasteiger partial charge in [-0.3, -0.25) is 9.89 Å². The second-order valence-corrected chi connectivity index (χ2v) is 3.36. The van der Waals surface area contributed by atoms with Gasteiger partial charge in [0.05, 0.1) is 11.3 Å². The fourth-order valence-corrected chi connectivity index (χ4v) is 1.44. The highest BCUT2D eigenvalue weighted by molar-refractivity contribution is 7.98. The predicted molar refractivity (Wildman–Crippen MR) is 54.2 cm³/mol. The molecule has 0 bridgehead atoms. The van der Waals surface area contributed by atoms with Crippen molar-refractivity contribution in [3.8, 4) is 11.3 Å². The molecule has 14 heavy (non-hydrogen) atoms. The van der Waals surface area contributed by atoms with Gasteiger partial charge in [-0.05, 0) is 12.3 Å². The first-order chi connectivity index (χ1) is 6.81. The lowest BCUT2D eigenvalue weighted by molar-refractivity contribution is 0.975. The molecule has 0 radical (unpaired) electrons. The molecule has 0 unspecified atom stereocenters. The number of thioether (sulfide) groups is 1. The van der Waals surface area contributed by atoms with Crippen molar-refractivity contribution in [2.24, 2.45) is 0 Å². The molecule has 0 aliphatic rings. The average molecular weight is 208 g/mol. The lowest BCUT2D eigenvalue weighted by Gasteiger charge is -1.96. The molecule has 0 atom stereocenters. The highest BCUT2D eigenvalue weighted by atomic mass is 32.2. The molecule has 0 fully saturated rings. The van der Waals surface area contributed by atoms with Crippen molar-refractivity contribution in [1.82, 2.24) is 20.2 Å². The SMILES string of the molecule is CSc1nccc(-c2c[nH][nH]c2=O)n1. The summed E-state index contributed by atoms with van der Waals surface area (Å²) in [4.78, 5) is 19.5. The summed E-state index contributed by atoms with van der Waals surface area (Å²) in [5.41, 5.74) is 0.991. The number of aromatic amines is 2. The van der Waals surface area contributed by atoms with Gasteiger partial charge in [0.1, 0.15) is 0 Å². The number of hydrogen-bond acceptors (Lipinski definition) is 4. The lowest BCUT2D eigenvalue weighted by Crippen LogP contribution is -2.02. The Labute approximate surface area is 84.0 Å². The van der Waals surface area contributed by atoms with Crippen LogP contribution in [0.3, 0.4) is 0 Å². The zero-order valence-electron chi connectivity index (χ0n) is 7.44. The first-order valence-corrected chi connectivity index (χ1v) is 5.17. The number of nitrogens with one attached hydrogen (secondary N) is 2. The number of rotatable bonds is 2. The maximum Gasteiger partial charge on any atom is 0.273 e. The summed E-state index contributed by atoms with van der Waals surface area (Å²) >= 11 is 1.44. The third kappa shape index (κ3) is 1.56. The van der Waals surface area contributed by atoms with Gasteiger partial charge in [0, 0.05) is 12.4 Å². The van der Waals surface area contributed by atoms with Crippen LogP contribution in [0.5, 0.6) is 0 Å². The lowest BCUT2D eigenvalue weighted by atomic mass is 10.2. The summed E-state index contributed by atoms with van der Waals surface area (Å²) in [5.74, 6) is 0. The van der Waals surface area contributed by atoms with Crippen LogP contribution in [0, 0.1) is 0 Å². The molecule has 5 nitrogen and oxygen atoms in total. The van der Waals surface area contributed by atoms with Crippen molar-refractivity contribution in [2.75, 3.05) is 6.26 Å². The number of hydrogen-bond donors (Lipinski definition) is 2. The van der Waals surface area contributed by atoms with Crippen molar-refractivity contribution in [3.63, 3.8) is 0 Å². The van der Waals surface area contributed by atoms with Crippen LogP contribution in [0.1, 0.15) is 0 Å². The van der Waals surface area contributed by atoms with Crippen LogP contribution in [-0.4, -0.2) is 26.4 Å².